The highest BCUT2D eigenvalue weighted by Gasteiger charge is 2.10. The molecule has 2 aromatic rings. The third-order valence-electron chi connectivity index (χ3n) is 2.44. The van der Waals surface area contributed by atoms with Crippen molar-refractivity contribution in [3.05, 3.63) is 22.4 Å². The predicted molar refractivity (Wildman–Crippen MR) is 89.7 cm³/mol. The highest BCUT2D eigenvalue weighted by molar-refractivity contribution is 8.01. The van der Waals surface area contributed by atoms with Gasteiger partial charge in [0.25, 0.3) is 0 Å². The molecule has 0 aliphatic rings. The molecule has 0 fully saturated rings. The normalized spacial score (nSPS) is 10.2. The van der Waals surface area contributed by atoms with Crippen LogP contribution in [0.4, 0.5) is 9.93 Å². The van der Waals surface area contributed by atoms with Crippen LogP contribution in [0, 0.1) is 0 Å². The third-order valence-corrected chi connectivity index (χ3v) is 5.39. The van der Waals surface area contributed by atoms with E-state index in [1.165, 1.54) is 35.0 Å². The summed E-state index contributed by atoms with van der Waals surface area (Å²) in [5, 5.41) is 18.5. The molecule has 2 heterocycles. The van der Waals surface area contributed by atoms with E-state index in [2.05, 4.69) is 37.6 Å². The Morgan fingerprint density at radius 2 is 2.23 bits per heavy atom. The van der Waals surface area contributed by atoms with Gasteiger partial charge in [-0.15, -0.1) is 21.5 Å². The lowest BCUT2D eigenvalue weighted by Gasteiger charge is -2.01. The van der Waals surface area contributed by atoms with E-state index in [0.29, 0.717) is 4.34 Å². The zero-order valence-corrected chi connectivity index (χ0v) is 14.2. The second-order valence-corrected chi connectivity index (χ2v) is 7.28. The summed E-state index contributed by atoms with van der Waals surface area (Å²) < 4.78 is 0.686. The molecule has 0 radical (unpaired) electrons. The van der Waals surface area contributed by atoms with Crippen molar-refractivity contribution >= 4 is 51.5 Å². The van der Waals surface area contributed by atoms with Gasteiger partial charge < -0.3 is 10.6 Å². The van der Waals surface area contributed by atoms with Crippen molar-refractivity contribution in [3.8, 4) is 0 Å². The van der Waals surface area contributed by atoms with E-state index in [1.807, 2.05) is 6.07 Å². The Morgan fingerprint density at radius 3 is 2.95 bits per heavy atom. The average molecular weight is 357 g/mol. The largest absolute Gasteiger partial charge is 0.360 e. The second kappa shape index (κ2) is 8.71. The van der Waals surface area contributed by atoms with Crippen molar-refractivity contribution in [3.63, 3.8) is 0 Å². The van der Waals surface area contributed by atoms with Gasteiger partial charge in [-0.2, -0.15) is 0 Å². The first-order chi connectivity index (χ1) is 10.7. The van der Waals surface area contributed by atoms with E-state index >= 15 is 0 Å². The molecule has 2 aromatic heterocycles. The van der Waals surface area contributed by atoms with Crippen LogP contribution < -0.4 is 16.0 Å². The first-order valence-electron chi connectivity index (χ1n) is 6.41. The van der Waals surface area contributed by atoms with Crippen LogP contribution in [0.15, 0.2) is 21.9 Å². The van der Waals surface area contributed by atoms with Crippen LogP contribution in [-0.2, 0) is 11.2 Å². The van der Waals surface area contributed by atoms with Crippen LogP contribution in [0.2, 0.25) is 0 Å². The summed E-state index contributed by atoms with van der Waals surface area (Å²) in [5.41, 5.74) is 0. The van der Waals surface area contributed by atoms with Crippen LogP contribution >= 0.6 is 34.4 Å². The zero-order valence-electron chi connectivity index (χ0n) is 11.8. The minimum absolute atomic E-state index is 0.122. The standard InChI is InChI=1S/C12H15N5O2S3/c1-13-10(19)15-9(18)7-21-12-17-16-11(22-12)14-5-4-8-3-2-6-20-8/h2-3,6H,4-5,7H2,1H3,(H,14,16)(H2,13,15,18,19). The van der Waals surface area contributed by atoms with Gasteiger partial charge in [0.1, 0.15) is 0 Å². The molecule has 0 unspecified atom stereocenters. The molecule has 0 bridgehead atoms. The number of nitrogens with one attached hydrogen (secondary N) is 3. The molecule has 0 saturated carbocycles. The smallest absolute Gasteiger partial charge is 0.321 e. The lowest BCUT2D eigenvalue weighted by Crippen LogP contribution is -2.38. The minimum Gasteiger partial charge on any atom is -0.360 e. The summed E-state index contributed by atoms with van der Waals surface area (Å²) >= 11 is 4.36. The van der Waals surface area contributed by atoms with E-state index < -0.39 is 6.03 Å². The first kappa shape index (κ1) is 16.7. The van der Waals surface area contributed by atoms with Crippen molar-refractivity contribution in [2.45, 2.75) is 10.8 Å². The van der Waals surface area contributed by atoms with Crippen LogP contribution in [0.25, 0.3) is 0 Å². The Labute approximate surface area is 139 Å². The summed E-state index contributed by atoms with van der Waals surface area (Å²) in [4.78, 5) is 23.7. The minimum atomic E-state index is -0.515. The van der Waals surface area contributed by atoms with Crippen LogP contribution in [0.5, 0.6) is 0 Å². The van der Waals surface area contributed by atoms with Crippen molar-refractivity contribution in [2.24, 2.45) is 0 Å². The van der Waals surface area contributed by atoms with Gasteiger partial charge in [0.2, 0.25) is 11.0 Å². The van der Waals surface area contributed by atoms with E-state index in [0.717, 1.165) is 18.1 Å². The molecular weight excluding hydrogens is 342 g/mol. The highest BCUT2D eigenvalue weighted by Crippen LogP contribution is 2.25. The summed E-state index contributed by atoms with van der Waals surface area (Å²) in [6, 6.07) is 3.61. The lowest BCUT2D eigenvalue weighted by molar-refractivity contribution is -0.117. The van der Waals surface area contributed by atoms with E-state index in [9.17, 15) is 9.59 Å². The fourth-order valence-corrected chi connectivity index (χ4v) is 3.73. The van der Waals surface area contributed by atoms with Gasteiger partial charge in [-0.05, 0) is 17.9 Å². The Kier molecular flexibility index (Phi) is 6.62. The summed E-state index contributed by atoms with van der Waals surface area (Å²) in [6.07, 6.45) is 0.939. The average Bonchev–Trinajstić information content (AvgIpc) is 3.17. The maximum absolute atomic E-state index is 11.4. The number of thiophene rings is 1. The fourth-order valence-electron chi connectivity index (χ4n) is 1.44. The van der Waals surface area contributed by atoms with Gasteiger partial charge in [-0.1, -0.05) is 29.2 Å². The molecule has 0 aromatic carbocycles. The van der Waals surface area contributed by atoms with Crippen molar-refractivity contribution in [1.82, 2.24) is 20.8 Å². The number of amides is 3. The molecule has 0 spiro atoms. The summed E-state index contributed by atoms with van der Waals surface area (Å²) in [7, 11) is 1.45. The number of urea groups is 1. The molecule has 0 aliphatic carbocycles. The Balaban J connectivity index is 1.69. The zero-order chi connectivity index (χ0) is 15.8. The second-order valence-electron chi connectivity index (χ2n) is 4.05. The molecule has 10 heteroatoms. The number of hydrogen-bond donors (Lipinski definition) is 3. The topological polar surface area (TPSA) is 96.0 Å². The van der Waals surface area contributed by atoms with Gasteiger partial charge in [0, 0.05) is 18.5 Å². The van der Waals surface area contributed by atoms with Crippen molar-refractivity contribution in [1.29, 1.82) is 0 Å². The van der Waals surface area contributed by atoms with Crippen molar-refractivity contribution < 1.29 is 9.59 Å². The molecular formula is C12H15N5O2S3. The Morgan fingerprint density at radius 1 is 1.36 bits per heavy atom. The molecule has 3 N–H and O–H groups in total. The number of anilines is 1. The van der Waals surface area contributed by atoms with Gasteiger partial charge in [0.05, 0.1) is 5.75 Å². The number of hydrogen-bond acceptors (Lipinski definition) is 8. The number of carbonyl (C=O) groups excluding carboxylic acids is 2. The van der Waals surface area contributed by atoms with Crippen molar-refractivity contribution in [2.75, 3.05) is 24.7 Å². The molecule has 0 saturated heterocycles. The Hall–Kier alpha value is -1.65. The number of imide groups is 1. The van der Waals surface area contributed by atoms with Gasteiger partial charge >= 0.3 is 6.03 Å². The number of rotatable bonds is 7. The van der Waals surface area contributed by atoms with Crippen LogP contribution in [0.3, 0.4) is 0 Å². The van der Waals surface area contributed by atoms with E-state index in [-0.39, 0.29) is 11.7 Å². The van der Waals surface area contributed by atoms with Gasteiger partial charge in [-0.25, -0.2) is 4.79 Å². The molecule has 0 atom stereocenters. The quantitative estimate of drug-likeness (QED) is 0.654. The molecule has 2 rings (SSSR count). The fraction of sp³-hybridized carbons (Fsp3) is 0.333. The molecule has 22 heavy (non-hydrogen) atoms. The molecule has 3 amide bonds. The SMILES string of the molecule is CNC(=O)NC(=O)CSc1nnc(NCCc2cccs2)s1. The van der Waals surface area contributed by atoms with E-state index in [4.69, 9.17) is 0 Å². The Bertz CT molecular complexity index is 614. The van der Waals surface area contributed by atoms with Gasteiger partial charge in [-0.3, -0.25) is 10.1 Å². The molecule has 118 valence electrons. The van der Waals surface area contributed by atoms with Gasteiger partial charge in [0.15, 0.2) is 4.34 Å². The first-order valence-corrected chi connectivity index (χ1v) is 9.09. The lowest BCUT2D eigenvalue weighted by atomic mass is 10.3. The van der Waals surface area contributed by atoms with E-state index in [1.54, 1.807) is 11.3 Å². The maximum atomic E-state index is 11.4. The highest BCUT2D eigenvalue weighted by atomic mass is 32.2. The predicted octanol–water partition coefficient (Wildman–Crippen LogP) is 1.80. The monoisotopic (exact) mass is 357 g/mol. The summed E-state index contributed by atoms with van der Waals surface area (Å²) in [6.45, 7) is 0.789. The number of thioether (sulfide) groups is 1. The molecule has 7 nitrogen and oxygen atoms in total. The number of nitrogens with zero attached hydrogens (tertiary/aromatic N) is 2. The number of aromatic nitrogens is 2. The maximum Gasteiger partial charge on any atom is 0.321 e. The van der Waals surface area contributed by atoms with Crippen LogP contribution in [0.1, 0.15) is 4.88 Å². The van der Waals surface area contributed by atoms with Crippen LogP contribution in [-0.4, -0.2) is 41.5 Å². The molecule has 0 aliphatic heterocycles. The third kappa shape index (κ3) is 5.62. The number of carbonyl (C=O) groups is 2. The summed E-state index contributed by atoms with van der Waals surface area (Å²) in [5.74, 6) is -0.246.